The molecule has 2 unspecified atom stereocenters. The molecule has 1 rings (SSSR count). The first-order chi connectivity index (χ1) is 9.04. The molecule has 1 aliphatic carbocycles. The standard InChI is InChI=1S/C12H21NO3.C3H8/c1-3-16-11(14)8-13-12(15)10-6-4-5-9(2)7-10;1-3-2/h9-10H,3-8H2,1-2H3,(H,13,15);3H2,1-2H3. The molecule has 0 saturated heterocycles. The highest BCUT2D eigenvalue weighted by Gasteiger charge is 2.25. The zero-order valence-electron chi connectivity index (χ0n) is 12.8. The van der Waals surface area contributed by atoms with Crippen molar-refractivity contribution in [3.8, 4) is 0 Å². The molecule has 1 aliphatic rings. The average Bonchev–Trinajstić information content (AvgIpc) is 2.37. The normalized spacial score (nSPS) is 21.9. The smallest absolute Gasteiger partial charge is 0.325 e. The molecule has 4 nitrogen and oxygen atoms in total. The predicted molar refractivity (Wildman–Crippen MR) is 76.7 cm³/mol. The van der Waals surface area contributed by atoms with Crippen LogP contribution in [0.1, 0.15) is 59.8 Å². The van der Waals surface area contributed by atoms with Gasteiger partial charge in [0, 0.05) is 5.92 Å². The van der Waals surface area contributed by atoms with Gasteiger partial charge in [-0.2, -0.15) is 0 Å². The van der Waals surface area contributed by atoms with E-state index in [0.29, 0.717) is 12.5 Å². The molecule has 0 radical (unpaired) electrons. The van der Waals surface area contributed by atoms with Crippen molar-refractivity contribution in [3.05, 3.63) is 0 Å². The maximum atomic E-state index is 11.7. The van der Waals surface area contributed by atoms with E-state index in [2.05, 4.69) is 26.1 Å². The fraction of sp³-hybridized carbons (Fsp3) is 0.867. The van der Waals surface area contributed by atoms with Crippen LogP contribution in [0.4, 0.5) is 0 Å². The van der Waals surface area contributed by atoms with Crippen molar-refractivity contribution in [2.24, 2.45) is 11.8 Å². The monoisotopic (exact) mass is 271 g/mol. The van der Waals surface area contributed by atoms with Crippen molar-refractivity contribution in [2.45, 2.75) is 59.8 Å². The summed E-state index contributed by atoms with van der Waals surface area (Å²) in [6, 6.07) is 0. The van der Waals surface area contributed by atoms with Crippen LogP contribution in [0.2, 0.25) is 0 Å². The lowest BCUT2D eigenvalue weighted by Gasteiger charge is -2.25. The summed E-state index contributed by atoms with van der Waals surface area (Å²) in [7, 11) is 0. The Morgan fingerprint density at radius 1 is 1.21 bits per heavy atom. The SMILES string of the molecule is CCC.CCOC(=O)CNC(=O)C1CCCC(C)C1. The second-order valence-electron chi connectivity index (χ2n) is 5.20. The van der Waals surface area contributed by atoms with Gasteiger partial charge in [0.05, 0.1) is 6.61 Å². The maximum Gasteiger partial charge on any atom is 0.325 e. The number of nitrogens with one attached hydrogen (secondary N) is 1. The summed E-state index contributed by atoms with van der Waals surface area (Å²) in [4.78, 5) is 22.8. The van der Waals surface area contributed by atoms with E-state index >= 15 is 0 Å². The Hall–Kier alpha value is -1.06. The first kappa shape index (κ1) is 17.9. The summed E-state index contributed by atoms with van der Waals surface area (Å²) in [6.45, 7) is 8.53. The molecule has 1 fully saturated rings. The molecule has 0 aliphatic heterocycles. The number of carbonyl (C=O) groups excluding carboxylic acids is 2. The number of esters is 1. The Balaban J connectivity index is 0.000000982. The number of ether oxygens (including phenoxy) is 1. The van der Waals surface area contributed by atoms with Crippen LogP contribution < -0.4 is 5.32 Å². The number of hydrogen-bond acceptors (Lipinski definition) is 3. The quantitative estimate of drug-likeness (QED) is 0.800. The van der Waals surface area contributed by atoms with Crippen LogP contribution in [0.15, 0.2) is 0 Å². The second kappa shape index (κ2) is 10.8. The van der Waals surface area contributed by atoms with Gasteiger partial charge in [0.2, 0.25) is 5.91 Å². The molecule has 0 spiro atoms. The van der Waals surface area contributed by atoms with Gasteiger partial charge in [0.1, 0.15) is 6.54 Å². The van der Waals surface area contributed by atoms with Crippen LogP contribution >= 0.6 is 0 Å². The Kier molecular flexibility index (Phi) is 10.2. The predicted octanol–water partition coefficient (Wildman–Crippen LogP) is 2.91. The first-order valence-electron chi connectivity index (χ1n) is 7.48. The van der Waals surface area contributed by atoms with E-state index in [0.717, 1.165) is 19.3 Å². The molecular weight excluding hydrogens is 242 g/mol. The lowest BCUT2D eigenvalue weighted by atomic mass is 9.82. The topological polar surface area (TPSA) is 55.4 Å². The average molecular weight is 271 g/mol. The Morgan fingerprint density at radius 2 is 1.84 bits per heavy atom. The molecular formula is C15H29NO3. The highest BCUT2D eigenvalue weighted by molar-refractivity contribution is 5.83. The van der Waals surface area contributed by atoms with Gasteiger partial charge in [-0.25, -0.2) is 0 Å². The van der Waals surface area contributed by atoms with Gasteiger partial charge in [0.15, 0.2) is 0 Å². The van der Waals surface area contributed by atoms with Crippen molar-refractivity contribution in [3.63, 3.8) is 0 Å². The lowest BCUT2D eigenvalue weighted by molar-refractivity contribution is -0.144. The van der Waals surface area contributed by atoms with E-state index in [4.69, 9.17) is 4.74 Å². The molecule has 0 aromatic rings. The molecule has 1 saturated carbocycles. The molecule has 1 N–H and O–H groups in total. The van der Waals surface area contributed by atoms with Crippen molar-refractivity contribution >= 4 is 11.9 Å². The van der Waals surface area contributed by atoms with Crippen LogP contribution in [0.5, 0.6) is 0 Å². The highest BCUT2D eigenvalue weighted by atomic mass is 16.5. The van der Waals surface area contributed by atoms with E-state index in [-0.39, 0.29) is 24.3 Å². The van der Waals surface area contributed by atoms with Crippen LogP contribution in [0.3, 0.4) is 0 Å². The molecule has 112 valence electrons. The number of rotatable bonds is 4. The fourth-order valence-electron chi connectivity index (χ4n) is 2.19. The molecule has 1 amide bonds. The molecule has 0 bridgehead atoms. The highest BCUT2D eigenvalue weighted by Crippen LogP contribution is 2.28. The van der Waals surface area contributed by atoms with E-state index < -0.39 is 0 Å². The number of hydrogen-bond donors (Lipinski definition) is 1. The van der Waals surface area contributed by atoms with Crippen LogP contribution in [-0.2, 0) is 14.3 Å². The number of carbonyl (C=O) groups is 2. The van der Waals surface area contributed by atoms with Gasteiger partial charge >= 0.3 is 5.97 Å². The summed E-state index contributed by atoms with van der Waals surface area (Å²) < 4.78 is 4.75. The van der Waals surface area contributed by atoms with Gasteiger partial charge in [-0.3, -0.25) is 9.59 Å². The molecule has 0 aromatic carbocycles. The van der Waals surface area contributed by atoms with Gasteiger partial charge in [0.25, 0.3) is 0 Å². The third kappa shape index (κ3) is 8.62. The second-order valence-corrected chi connectivity index (χ2v) is 5.20. The van der Waals surface area contributed by atoms with Crippen molar-refractivity contribution in [2.75, 3.05) is 13.2 Å². The van der Waals surface area contributed by atoms with Crippen molar-refractivity contribution in [1.29, 1.82) is 0 Å². The maximum absolute atomic E-state index is 11.7. The summed E-state index contributed by atoms with van der Waals surface area (Å²) in [5.41, 5.74) is 0. The van der Waals surface area contributed by atoms with E-state index in [9.17, 15) is 9.59 Å². The van der Waals surface area contributed by atoms with Gasteiger partial charge in [-0.05, 0) is 25.7 Å². The van der Waals surface area contributed by atoms with Gasteiger partial charge < -0.3 is 10.1 Å². The van der Waals surface area contributed by atoms with Gasteiger partial charge in [-0.1, -0.05) is 40.0 Å². The summed E-state index contributed by atoms with van der Waals surface area (Å²) >= 11 is 0. The summed E-state index contributed by atoms with van der Waals surface area (Å²) in [5, 5.41) is 2.64. The third-order valence-corrected chi connectivity index (χ3v) is 3.02. The van der Waals surface area contributed by atoms with E-state index in [1.54, 1.807) is 6.92 Å². The van der Waals surface area contributed by atoms with E-state index in [1.807, 2.05) is 0 Å². The zero-order chi connectivity index (χ0) is 14.7. The van der Waals surface area contributed by atoms with Crippen molar-refractivity contribution < 1.29 is 14.3 Å². The summed E-state index contributed by atoms with van der Waals surface area (Å²) in [5.74, 6) is 0.338. The van der Waals surface area contributed by atoms with E-state index in [1.165, 1.54) is 12.8 Å². The van der Waals surface area contributed by atoms with Crippen LogP contribution in [0.25, 0.3) is 0 Å². The Labute approximate surface area is 117 Å². The first-order valence-corrected chi connectivity index (χ1v) is 7.48. The zero-order valence-corrected chi connectivity index (χ0v) is 12.8. The molecule has 0 aromatic heterocycles. The third-order valence-electron chi connectivity index (χ3n) is 3.02. The Morgan fingerprint density at radius 3 is 2.37 bits per heavy atom. The number of amides is 1. The summed E-state index contributed by atoms with van der Waals surface area (Å²) in [6.07, 6.45) is 5.45. The van der Waals surface area contributed by atoms with Gasteiger partial charge in [-0.15, -0.1) is 0 Å². The minimum absolute atomic E-state index is 0.000368. The minimum Gasteiger partial charge on any atom is -0.465 e. The molecule has 4 heteroatoms. The largest absolute Gasteiger partial charge is 0.465 e. The molecule has 19 heavy (non-hydrogen) atoms. The lowest BCUT2D eigenvalue weighted by Crippen LogP contribution is -2.37. The molecule has 2 atom stereocenters. The van der Waals surface area contributed by atoms with Crippen LogP contribution in [-0.4, -0.2) is 25.0 Å². The van der Waals surface area contributed by atoms with Crippen molar-refractivity contribution in [1.82, 2.24) is 5.32 Å². The Bertz CT molecular complexity index is 266. The fourth-order valence-corrected chi connectivity index (χ4v) is 2.19. The minimum atomic E-state index is -0.361. The molecule has 0 heterocycles. The van der Waals surface area contributed by atoms with Crippen LogP contribution in [0, 0.1) is 11.8 Å².